The van der Waals surface area contributed by atoms with Gasteiger partial charge in [-0.15, -0.1) is 10.2 Å². The largest absolute Gasteiger partial charge is 1.00 e. The number of carbonyl (C=O) groups excluding carboxylic acids is 2. The molecule has 0 radical (unpaired) electrons. The summed E-state index contributed by atoms with van der Waals surface area (Å²) in [6.45, 7) is 0. The number of nitrogens with zero attached hydrogens (tertiary/aromatic N) is 4. The monoisotopic (exact) mass is 1110 g/mol. The molecule has 0 bridgehead atoms. The normalized spacial score (nSPS) is 12.1. The summed E-state index contributed by atoms with van der Waals surface area (Å²) < 4.78 is 147. The second kappa shape index (κ2) is 22.7. The Morgan fingerprint density at radius 1 is 0.427 bits per heavy atom. The van der Waals surface area contributed by atoms with Crippen LogP contribution in [-0.4, -0.2) is 73.9 Å². The van der Waals surface area contributed by atoms with Crippen LogP contribution in [0.1, 0.15) is 20.7 Å². The molecule has 0 heterocycles. The van der Waals surface area contributed by atoms with E-state index in [9.17, 15) is 71.7 Å². The van der Waals surface area contributed by atoms with Gasteiger partial charge in [0.15, 0.2) is 11.5 Å². The number of azo groups is 2. The number of nitrogens with one attached hydrogen (secondary N) is 3. The van der Waals surface area contributed by atoms with E-state index in [-0.39, 0.29) is 92.4 Å². The quantitative estimate of drug-likeness (QED) is 0.0591. The van der Waals surface area contributed by atoms with Gasteiger partial charge in [0.05, 0.1) is 42.3 Å². The van der Waals surface area contributed by atoms with Crippen molar-refractivity contribution in [2.45, 2.75) is 19.6 Å². The number of amides is 2. The number of carbonyl (C=O) groups is 2. The molecule has 75 heavy (non-hydrogen) atoms. The minimum absolute atomic E-state index is 0. The maximum absolute atomic E-state index is 13.1. The number of phenolic OH excluding ortho intramolecular Hbond substituents is 2. The summed E-state index contributed by atoms with van der Waals surface area (Å²) in [6.07, 6.45) is 0. The van der Waals surface area contributed by atoms with Gasteiger partial charge in [0, 0.05) is 33.3 Å². The Morgan fingerprint density at radius 2 is 0.760 bits per heavy atom. The fourth-order valence-electron chi connectivity index (χ4n) is 7.15. The Hall–Kier alpha value is -6.54. The van der Waals surface area contributed by atoms with E-state index < -0.39 is 117 Å². The molecule has 0 saturated carbocycles. The Morgan fingerprint density at radius 3 is 1.07 bits per heavy atom. The zero-order valence-corrected chi connectivity index (χ0v) is 45.7. The molecule has 0 spiro atoms. The van der Waals surface area contributed by atoms with Crippen LogP contribution in [0.4, 0.5) is 45.5 Å². The first-order valence-corrected chi connectivity index (χ1v) is 26.0. The minimum atomic E-state index is -5.47. The molecule has 0 aliphatic rings. The molecule has 2 amide bonds. The molecule has 8 rings (SSSR count). The van der Waals surface area contributed by atoms with Crippen molar-refractivity contribution in [2.75, 3.05) is 16.0 Å². The molecular formula is C46H29N7Na2O16S4-2. The van der Waals surface area contributed by atoms with Crippen LogP contribution in [0, 0.1) is 0 Å². The van der Waals surface area contributed by atoms with Crippen LogP contribution in [0.25, 0.3) is 21.5 Å². The average Bonchev–Trinajstić information content (AvgIpc) is 3.33. The van der Waals surface area contributed by atoms with Crippen LogP contribution in [0.2, 0.25) is 0 Å². The number of benzene rings is 8. The van der Waals surface area contributed by atoms with Gasteiger partial charge in [-0.2, -0.15) is 10.2 Å². The summed E-state index contributed by atoms with van der Waals surface area (Å²) in [5.41, 5.74) is -1.48. The molecule has 372 valence electrons. The average molecular weight is 1110 g/mol. The van der Waals surface area contributed by atoms with Gasteiger partial charge in [-0.1, -0.05) is 36.4 Å². The van der Waals surface area contributed by atoms with E-state index in [4.69, 9.17) is 0 Å². The molecule has 5 N–H and O–H groups in total. The van der Waals surface area contributed by atoms with E-state index in [0.29, 0.717) is 35.6 Å². The molecule has 8 aromatic carbocycles. The number of phenols is 2. The second-order valence-electron chi connectivity index (χ2n) is 15.4. The van der Waals surface area contributed by atoms with Crippen LogP contribution in [0.5, 0.6) is 11.5 Å². The maximum atomic E-state index is 13.1. The molecule has 0 atom stereocenters. The molecule has 0 unspecified atom stereocenters. The third kappa shape index (κ3) is 13.3. The molecule has 0 aliphatic carbocycles. The number of anilines is 4. The van der Waals surface area contributed by atoms with Crippen LogP contribution >= 0.6 is 0 Å². The van der Waals surface area contributed by atoms with E-state index >= 15 is 0 Å². The molecule has 23 nitrogen and oxygen atoms in total. The molecule has 0 aliphatic heterocycles. The zero-order chi connectivity index (χ0) is 52.6. The van der Waals surface area contributed by atoms with Crippen molar-refractivity contribution in [3.8, 4) is 11.5 Å². The molecular weight excluding hydrogens is 1080 g/mol. The Bertz CT molecular complexity index is 3840. The number of hydrogen-bond acceptors (Lipinski definition) is 21. The summed E-state index contributed by atoms with van der Waals surface area (Å²) >= 11 is 0. The predicted molar refractivity (Wildman–Crippen MR) is 256 cm³/mol. The van der Waals surface area contributed by atoms with Gasteiger partial charge in [0.1, 0.15) is 51.8 Å². The molecule has 8 aromatic rings. The summed E-state index contributed by atoms with van der Waals surface area (Å²) in [5, 5.41) is 44.6. The molecule has 0 saturated heterocycles. The number of hydrogen-bond donors (Lipinski definition) is 5. The Labute approximate surface area is 470 Å². The second-order valence-corrected chi connectivity index (χ2v) is 20.8. The zero-order valence-electron chi connectivity index (χ0n) is 38.4. The van der Waals surface area contributed by atoms with Crippen molar-refractivity contribution in [3.05, 3.63) is 157 Å². The predicted octanol–water partition coefficient (Wildman–Crippen LogP) is 2.11. The van der Waals surface area contributed by atoms with Crippen molar-refractivity contribution >= 4 is 119 Å². The summed E-state index contributed by atoms with van der Waals surface area (Å²) in [5.74, 6) is -3.62. The third-order valence-electron chi connectivity index (χ3n) is 10.5. The molecule has 0 aromatic heterocycles. The van der Waals surface area contributed by atoms with Gasteiger partial charge in [0.25, 0.3) is 11.8 Å². The van der Waals surface area contributed by atoms with Gasteiger partial charge in [-0.05, 0) is 120 Å². The van der Waals surface area contributed by atoms with Gasteiger partial charge < -0.3 is 44.4 Å². The summed E-state index contributed by atoms with van der Waals surface area (Å²) in [4.78, 5) is 22.0. The number of rotatable bonds is 14. The van der Waals surface area contributed by atoms with Gasteiger partial charge in [-0.25, -0.2) is 33.7 Å². The minimum Gasteiger partial charge on any atom is -0.744 e. The SMILES string of the molecule is O=C(Nc1cc(S(=O)(=O)[O-])cc2cc(S(=O)(=O)[O-])c(N=Nc3ccc(Nc4ccc(N=Nc5c(S(=O)(=O)[O-])cc6cc(S(=O)(=O)[O-])cc(NC(=O)c7ccccc7)c6c5O)cc4)cc3)c(O)c12)c1ccccc1.[Na+].[Na+]. The smallest absolute Gasteiger partial charge is 0.744 e. The molecule has 29 heteroatoms. The van der Waals surface area contributed by atoms with Crippen molar-refractivity contribution in [1.82, 2.24) is 0 Å². The van der Waals surface area contributed by atoms with Crippen molar-refractivity contribution < 1.29 is 131 Å². The van der Waals surface area contributed by atoms with Crippen molar-refractivity contribution in [2.24, 2.45) is 20.5 Å². The fourth-order valence-corrected chi connectivity index (χ4v) is 9.51. The maximum Gasteiger partial charge on any atom is 1.00 e. The van der Waals surface area contributed by atoms with E-state index in [1.54, 1.807) is 12.1 Å². The van der Waals surface area contributed by atoms with Crippen LogP contribution in [0.15, 0.2) is 186 Å². The first-order valence-electron chi connectivity index (χ1n) is 20.4. The van der Waals surface area contributed by atoms with Gasteiger partial charge in [0.2, 0.25) is 0 Å². The van der Waals surface area contributed by atoms with E-state index in [1.807, 2.05) is 0 Å². The first-order chi connectivity index (χ1) is 34.3. The number of fused-ring (bicyclic) bond motifs is 2. The van der Waals surface area contributed by atoms with Crippen LogP contribution in [-0.2, 0) is 40.5 Å². The fraction of sp³-hybridized carbons (Fsp3) is 0. The Kier molecular flexibility index (Phi) is 17.5. The number of aromatic hydroxyl groups is 2. The van der Waals surface area contributed by atoms with Gasteiger partial charge >= 0.3 is 59.1 Å². The topological polar surface area (TPSA) is 389 Å². The van der Waals surface area contributed by atoms with E-state index in [2.05, 4.69) is 36.4 Å². The summed E-state index contributed by atoms with van der Waals surface area (Å²) in [6, 6.07) is 30.9. The van der Waals surface area contributed by atoms with Crippen LogP contribution in [0.3, 0.4) is 0 Å². The summed E-state index contributed by atoms with van der Waals surface area (Å²) in [7, 11) is -21.4. The van der Waals surface area contributed by atoms with Crippen molar-refractivity contribution in [3.63, 3.8) is 0 Å². The van der Waals surface area contributed by atoms with Gasteiger partial charge in [-0.3, -0.25) is 9.59 Å². The van der Waals surface area contributed by atoms with E-state index in [1.165, 1.54) is 97.1 Å². The van der Waals surface area contributed by atoms with Crippen molar-refractivity contribution in [1.29, 1.82) is 0 Å². The Balaban J connectivity index is 0.00000457. The first kappa shape index (κ1) is 57.7. The van der Waals surface area contributed by atoms with E-state index in [0.717, 1.165) is 12.1 Å². The van der Waals surface area contributed by atoms with Crippen LogP contribution < -0.4 is 75.1 Å². The third-order valence-corrected chi connectivity index (χ3v) is 13.8. The standard InChI is InChI=1S/C46H33N7O16S4.2Na/c54-43-39-27(19-33(70(58,59)60)23-35(39)48-45(56)25-7-3-1-4-8-25)21-37(72(64,65)66)41(43)52-50-31-15-11-29(12-16-31)47-30-13-17-32(18-14-30)51-53-42-38(73(67,68)69)22-28-20-34(71(61,62)63)24-36(40(28)44(42)55)49-46(57)26-9-5-2-6-10-26;;/h1-24,47,54-55H,(H,48,56)(H,49,57)(H,58,59,60)(H,61,62,63)(H,64,65,66)(H,67,68,69);;/q;2*+1/p-4. The molecule has 0 fully saturated rings.